The first-order valence-corrected chi connectivity index (χ1v) is 8.17. The van der Waals surface area contributed by atoms with Crippen molar-refractivity contribution in [3.05, 3.63) is 22.9 Å². The first kappa shape index (κ1) is 13.8. The Balaban J connectivity index is 1.84. The van der Waals surface area contributed by atoms with Crippen LogP contribution in [0.15, 0.2) is 6.07 Å². The Kier molecular flexibility index (Phi) is 3.92. The Bertz CT molecular complexity index is 523. The summed E-state index contributed by atoms with van der Waals surface area (Å²) in [5, 5.41) is 3.60. The molecule has 1 heterocycles. The van der Waals surface area contributed by atoms with E-state index in [1.807, 2.05) is 0 Å². The molecular weight excluding hydrogens is 266 g/mol. The normalized spacial score (nSPS) is 18.6. The molecule has 1 aromatic rings. The number of pyridine rings is 1. The van der Waals surface area contributed by atoms with Gasteiger partial charge in [0.05, 0.1) is 5.56 Å². The highest BCUT2D eigenvalue weighted by Gasteiger charge is 2.26. The number of nitrogens with zero attached hydrogens (tertiary/aromatic N) is 1. The first-order chi connectivity index (χ1) is 9.67. The van der Waals surface area contributed by atoms with E-state index in [1.54, 1.807) is 0 Å². The Hall–Kier alpha value is -1.16. The third-order valence-corrected chi connectivity index (χ3v) is 4.68. The largest absolute Gasteiger partial charge is 0.389 e. The standard InChI is InChI=1S/C16H23N3S/c1-2-12(8-10-6-7-10)18-16-13(15(17)20)9-11-4-3-5-14(11)19-16/h9-10,12H,2-8H2,1H3,(H2,17,20)(H,18,19). The van der Waals surface area contributed by atoms with Gasteiger partial charge in [-0.25, -0.2) is 4.98 Å². The zero-order valence-corrected chi connectivity index (χ0v) is 12.9. The van der Waals surface area contributed by atoms with Gasteiger partial charge in [-0.2, -0.15) is 0 Å². The van der Waals surface area contributed by atoms with Crippen LogP contribution in [-0.4, -0.2) is 16.0 Å². The summed E-state index contributed by atoms with van der Waals surface area (Å²) >= 11 is 5.21. The molecule has 0 aliphatic heterocycles. The summed E-state index contributed by atoms with van der Waals surface area (Å²) in [5.74, 6) is 1.82. The lowest BCUT2D eigenvalue weighted by atomic mass is 10.1. The summed E-state index contributed by atoms with van der Waals surface area (Å²) in [7, 11) is 0. The number of rotatable bonds is 6. The lowest BCUT2D eigenvalue weighted by Crippen LogP contribution is -2.23. The van der Waals surface area contributed by atoms with Gasteiger partial charge in [0.1, 0.15) is 10.8 Å². The van der Waals surface area contributed by atoms with Crippen molar-refractivity contribution in [2.24, 2.45) is 11.7 Å². The molecule has 0 saturated heterocycles. The van der Waals surface area contributed by atoms with Crippen LogP contribution in [0.2, 0.25) is 0 Å². The van der Waals surface area contributed by atoms with Gasteiger partial charge in [-0.1, -0.05) is 32.0 Å². The zero-order chi connectivity index (χ0) is 14.1. The molecule has 1 unspecified atom stereocenters. The SMILES string of the molecule is CCC(CC1CC1)Nc1nc2c(cc1C(N)=S)CCC2. The maximum Gasteiger partial charge on any atom is 0.136 e. The molecule has 1 aromatic heterocycles. The third kappa shape index (κ3) is 2.95. The van der Waals surface area contributed by atoms with Gasteiger partial charge in [-0.15, -0.1) is 0 Å². The quantitative estimate of drug-likeness (QED) is 0.790. The van der Waals surface area contributed by atoms with Crippen molar-refractivity contribution in [2.45, 2.75) is 57.9 Å². The molecule has 2 aliphatic carbocycles. The van der Waals surface area contributed by atoms with E-state index in [4.69, 9.17) is 22.9 Å². The Morgan fingerprint density at radius 2 is 2.30 bits per heavy atom. The molecule has 2 aliphatic rings. The molecule has 0 aromatic carbocycles. The van der Waals surface area contributed by atoms with Crippen LogP contribution in [0, 0.1) is 5.92 Å². The summed E-state index contributed by atoms with van der Waals surface area (Å²) in [4.78, 5) is 5.27. The molecule has 0 bridgehead atoms. The van der Waals surface area contributed by atoms with E-state index in [9.17, 15) is 0 Å². The lowest BCUT2D eigenvalue weighted by Gasteiger charge is -2.20. The van der Waals surface area contributed by atoms with Crippen LogP contribution in [0.3, 0.4) is 0 Å². The van der Waals surface area contributed by atoms with E-state index in [1.165, 1.54) is 36.9 Å². The fourth-order valence-corrected chi connectivity index (χ4v) is 3.20. The van der Waals surface area contributed by atoms with Crippen molar-refractivity contribution in [1.29, 1.82) is 0 Å². The van der Waals surface area contributed by atoms with Gasteiger partial charge in [0.25, 0.3) is 0 Å². The number of aromatic nitrogens is 1. The minimum Gasteiger partial charge on any atom is -0.389 e. The van der Waals surface area contributed by atoms with Crippen molar-refractivity contribution >= 4 is 23.0 Å². The van der Waals surface area contributed by atoms with Gasteiger partial charge in [-0.05, 0) is 49.7 Å². The summed E-state index contributed by atoms with van der Waals surface area (Å²) in [5.41, 5.74) is 9.37. The number of nitrogens with one attached hydrogen (secondary N) is 1. The maximum atomic E-state index is 5.89. The number of fused-ring (bicyclic) bond motifs is 1. The van der Waals surface area contributed by atoms with Crippen LogP contribution < -0.4 is 11.1 Å². The molecule has 3 rings (SSSR count). The molecular formula is C16H23N3S. The van der Waals surface area contributed by atoms with Gasteiger partial charge in [0, 0.05) is 11.7 Å². The van der Waals surface area contributed by atoms with Crippen LogP contribution in [0.4, 0.5) is 5.82 Å². The van der Waals surface area contributed by atoms with Gasteiger partial charge < -0.3 is 11.1 Å². The van der Waals surface area contributed by atoms with Gasteiger partial charge in [-0.3, -0.25) is 0 Å². The molecule has 20 heavy (non-hydrogen) atoms. The van der Waals surface area contributed by atoms with Crippen LogP contribution in [0.5, 0.6) is 0 Å². The van der Waals surface area contributed by atoms with E-state index < -0.39 is 0 Å². The molecule has 3 N–H and O–H groups in total. The number of hydrogen-bond acceptors (Lipinski definition) is 3. The predicted octanol–water partition coefficient (Wildman–Crippen LogP) is 3.20. The molecule has 1 saturated carbocycles. The van der Waals surface area contributed by atoms with Gasteiger partial charge in [0.15, 0.2) is 0 Å². The maximum absolute atomic E-state index is 5.89. The highest BCUT2D eigenvalue weighted by molar-refractivity contribution is 7.80. The molecule has 0 radical (unpaired) electrons. The number of hydrogen-bond donors (Lipinski definition) is 2. The average Bonchev–Trinajstić information content (AvgIpc) is 3.12. The molecule has 108 valence electrons. The molecule has 0 amide bonds. The Labute approximate surface area is 126 Å². The van der Waals surface area contributed by atoms with Crippen molar-refractivity contribution < 1.29 is 0 Å². The van der Waals surface area contributed by atoms with Crippen molar-refractivity contribution in [1.82, 2.24) is 4.98 Å². The molecule has 1 atom stereocenters. The zero-order valence-electron chi connectivity index (χ0n) is 12.1. The monoisotopic (exact) mass is 289 g/mol. The second kappa shape index (κ2) is 5.68. The summed E-state index contributed by atoms with van der Waals surface area (Å²) < 4.78 is 0. The fraction of sp³-hybridized carbons (Fsp3) is 0.625. The van der Waals surface area contributed by atoms with Crippen molar-refractivity contribution in [2.75, 3.05) is 5.32 Å². The van der Waals surface area contributed by atoms with E-state index in [2.05, 4.69) is 18.3 Å². The number of nitrogens with two attached hydrogens (primary N) is 1. The first-order valence-electron chi connectivity index (χ1n) is 7.76. The smallest absolute Gasteiger partial charge is 0.136 e. The van der Waals surface area contributed by atoms with Gasteiger partial charge >= 0.3 is 0 Å². The van der Waals surface area contributed by atoms with Crippen molar-refractivity contribution in [3.63, 3.8) is 0 Å². The number of aryl methyl sites for hydroxylation is 2. The van der Waals surface area contributed by atoms with Crippen LogP contribution in [0.1, 0.15) is 55.8 Å². The molecule has 4 heteroatoms. The van der Waals surface area contributed by atoms with E-state index in [-0.39, 0.29) is 0 Å². The lowest BCUT2D eigenvalue weighted by molar-refractivity contribution is 0.585. The van der Waals surface area contributed by atoms with Crippen molar-refractivity contribution in [3.8, 4) is 0 Å². The second-order valence-corrected chi connectivity index (χ2v) is 6.58. The molecule has 1 fully saturated rings. The second-order valence-electron chi connectivity index (χ2n) is 6.14. The third-order valence-electron chi connectivity index (χ3n) is 4.46. The number of thiocarbonyl (C=S) groups is 1. The highest BCUT2D eigenvalue weighted by atomic mass is 32.1. The van der Waals surface area contributed by atoms with Crippen LogP contribution in [-0.2, 0) is 12.8 Å². The van der Waals surface area contributed by atoms with E-state index >= 15 is 0 Å². The highest BCUT2D eigenvalue weighted by Crippen LogP contribution is 2.35. The Morgan fingerprint density at radius 1 is 1.50 bits per heavy atom. The van der Waals surface area contributed by atoms with Gasteiger partial charge in [0.2, 0.25) is 0 Å². The predicted molar refractivity (Wildman–Crippen MR) is 87.2 cm³/mol. The van der Waals surface area contributed by atoms with E-state index in [0.29, 0.717) is 11.0 Å². The van der Waals surface area contributed by atoms with Crippen LogP contribution >= 0.6 is 12.2 Å². The molecule has 3 nitrogen and oxygen atoms in total. The van der Waals surface area contributed by atoms with E-state index in [0.717, 1.165) is 36.6 Å². The minimum absolute atomic E-state index is 0.455. The van der Waals surface area contributed by atoms with Crippen LogP contribution in [0.25, 0.3) is 0 Å². The number of anilines is 1. The Morgan fingerprint density at radius 3 is 2.95 bits per heavy atom. The summed E-state index contributed by atoms with van der Waals surface area (Å²) in [6, 6.07) is 2.65. The fourth-order valence-electron chi connectivity index (χ4n) is 3.05. The summed E-state index contributed by atoms with van der Waals surface area (Å²) in [6.45, 7) is 2.23. The average molecular weight is 289 g/mol. The topological polar surface area (TPSA) is 50.9 Å². The minimum atomic E-state index is 0.455. The molecule has 0 spiro atoms. The summed E-state index contributed by atoms with van der Waals surface area (Å²) in [6.07, 6.45) is 8.52.